The Hall–Kier alpha value is -3.08. The summed E-state index contributed by atoms with van der Waals surface area (Å²) in [4.78, 5) is 18.6. The average Bonchev–Trinajstić information content (AvgIpc) is 3.16. The third kappa shape index (κ3) is 4.72. The van der Waals surface area contributed by atoms with Crippen molar-refractivity contribution < 1.29 is 13.9 Å². The molecule has 2 heterocycles. The number of ether oxygens (including phenoxy) is 1. The molecule has 2 aromatic heterocycles. The maximum atomic E-state index is 12.7. The number of benzene rings is 1. The van der Waals surface area contributed by atoms with Gasteiger partial charge in [0.2, 0.25) is 0 Å². The molecule has 134 valence electrons. The van der Waals surface area contributed by atoms with Crippen molar-refractivity contribution in [2.24, 2.45) is 0 Å². The Morgan fingerprint density at radius 3 is 2.69 bits per heavy atom. The highest BCUT2D eigenvalue weighted by Crippen LogP contribution is 2.17. The van der Waals surface area contributed by atoms with Gasteiger partial charge in [-0.1, -0.05) is 12.1 Å². The molecule has 3 aromatic rings. The minimum atomic E-state index is -0.108. The average molecular weight is 350 g/mol. The quantitative estimate of drug-likeness (QED) is 0.648. The van der Waals surface area contributed by atoms with Crippen LogP contribution in [0.15, 0.2) is 65.5 Å². The van der Waals surface area contributed by atoms with E-state index < -0.39 is 0 Å². The van der Waals surface area contributed by atoms with E-state index in [9.17, 15) is 4.79 Å². The second-order valence-corrected chi connectivity index (χ2v) is 6.23. The fourth-order valence-electron chi connectivity index (χ4n) is 2.58. The van der Waals surface area contributed by atoms with Crippen molar-refractivity contribution in [3.63, 3.8) is 0 Å². The van der Waals surface area contributed by atoms with Gasteiger partial charge < -0.3 is 14.1 Å². The van der Waals surface area contributed by atoms with Gasteiger partial charge in [0.05, 0.1) is 12.8 Å². The van der Waals surface area contributed by atoms with Crippen LogP contribution in [0.3, 0.4) is 0 Å². The summed E-state index contributed by atoms with van der Waals surface area (Å²) in [5.41, 5.74) is 3.29. The Bertz CT molecular complexity index is 845. The van der Waals surface area contributed by atoms with E-state index in [-0.39, 0.29) is 12.5 Å². The summed E-state index contributed by atoms with van der Waals surface area (Å²) < 4.78 is 11.1. The third-order valence-electron chi connectivity index (χ3n) is 4.22. The SMILES string of the molecule is Cc1ccc(OCC(=O)N(Cc2cccnc2)Cc2ccco2)cc1C. The first-order chi connectivity index (χ1) is 12.6. The minimum absolute atomic E-state index is 0.0243. The van der Waals surface area contributed by atoms with Crippen LogP contribution in [0.4, 0.5) is 0 Å². The van der Waals surface area contributed by atoms with Crippen LogP contribution in [0, 0.1) is 13.8 Å². The molecule has 0 aliphatic carbocycles. The van der Waals surface area contributed by atoms with Gasteiger partial charge in [-0.15, -0.1) is 0 Å². The molecule has 0 atom stereocenters. The number of rotatable bonds is 7. The zero-order valence-electron chi connectivity index (χ0n) is 15.0. The normalized spacial score (nSPS) is 10.5. The van der Waals surface area contributed by atoms with Crippen molar-refractivity contribution in [1.29, 1.82) is 0 Å². The monoisotopic (exact) mass is 350 g/mol. The maximum Gasteiger partial charge on any atom is 0.261 e. The van der Waals surface area contributed by atoms with E-state index in [0.717, 1.165) is 16.9 Å². The summed E-state index contributed by atoms with van der Waals surface area (Å²) >= 11 is 0. The van der Waals surface area contributed by atoms with E-state index in [1.165, 1.54) is 5.56 Å². The number of amides is 1. The van der Waals surface area contributed by atoms with Gasteiger partial charge in [-0.2, -0.15) is 0 Å². The van der Waals surface area contributed by atoms with Gasteiger partial charge in [-0.3, -0.25) is 9.78 Å². The smallest absolute Gasteiger partial charge is 0.261 e. The molecule has 0 aliphatic rings. The summed E-state index contributed by atoms with van der Waals surface area (Å²) in [6.07, 6.45) is 5.07. The van der Waals surface area contributed by atoms with Crippen molar-refractivity contribution in [2.75, 3.05) is 6.61 Å². The van der Waals surface area contributed by atoms with Gasteiger partial charge in [-0.25, -0.2) is 0 Å². The second kappa shape index (κ2) is 8.34. The Morgan fingerprint density at radius 1 is 1.12 bits per heavy atom. The van der Waals surface area contributed by atoms with Crippen molar-refractivity contribution in [3.8, 4) is 5.75 Å². The summed E-state index contributed by atoms with van der Waals surface area (Å²) in [7, 11) is 0. The number of aryl methyl sites for hydroxylation is 2. The first-order valence-corrected chi connectivity index (χ1v) is 8.51. The summed E-state index contributed by atoms with van der Waals surface area (Å²) in [5, 5.41) is 0. The molecule has 5 heteroatoms. The van der Waals surface area contributed by atoms with Crippen molar-refractivity contribution in [1.82, 2.24) is 9.88 Å². The van der Waals surface area contributed by atoms with Crippen LogP contribution < -0.4 is 4.74 Å². The van der Waals surface area contributed by atoms with Crippen LogP contribution in [0.1, 0.15) is 22.5 Å². The first-order valence-electron chi connectivity index (χ1n) is 8.51. The number of furan rings is 1. The molecule has 0 saturated carbocycles. The van der Waals surface area contributed by atoms with Crippen molar-refractivity contribution >= 4 is 5.91 Å². The zero-order chi connectivity index (χ0) is 18.4. The highest BCUT2D eigenvalue weighted by atomic mass is 16.5. The molecule has 0 aliphatic heterocycles. The van der Waals surface area contributed by atoms with Crippen LogP contribution in [-0.4, -0.2) is 22.4 Å². The lowest BCUT2D eigenvalue weighted by Gasteiger charge is -2.22. The van der Waals surface area contributed by atoms with E-state index in [1.807, 2.05) is 56.3 Å². The largest absolute Gasteiger partial charge is 0.484 e. The van der Waals surface area contributed by atoms with Gasteiger partial charge in [0.1, 0.15) is 11.5 Å². The van der Waals surface area contributed by atoms with Crippen molar-refractivity contribution in [2.45, 2.75) is 26.9 Å². The Labute approximate surface area is 153 Å². The number of hydrogen-bond donors (Lipinski definition) is 0. The molecule has 0 unspecified atom stereocenters. The number of nitrogens with zero attached hydrogens (tertiary/aromatic N) is 2. The van der Waals surface area contributed by atoms with Crippen LogP contribution in [0.2, 0.25) is 0 Å². The predicted molar refractivity (Wildman–Crippen MR) is 98.6 cm³/mol. The lowest BCUT2D eigenvalue weighted by atomic mass is 10.1. The van der Waals surface area contributed by atoms with Gasteiger partial charge in [-0.05, 0) is 60.9 Å². The molecule has 0 radical (unpaired) electrons. The first kappa shape index (κ1) is 17.7. The fraction of sp³-hybridized carbons (Fsp3) is 0.238. The summed E-state index contributed by atoms with van der Waals surface area (Å²) in [6.45, 7) is 4.88. The van der Waals surface area contributed by atoms with Gasteiger partial charge in [0, 0.05) is 18.9 Å². The number of carbonyl (C=O) groups excluding carboxylic acids is 1. The lowest BCUT2D eigenvalue weighted by Crippen LogP contribution is -2.34. The molecule has 26 heavy (non-hydrogen) atoms. The van der Waals surface area contributed by atoms with Crippen molar-refractivity contribution in [3.05, 3.63) is 83.6 Å². The van der Waals surface area contributed by atoms with Crippen LogP contribution >= 0.6 is 0 Å². The second-order valence-electron chi connectivity index (χ2n) is 6.23. The van der Waals surface area contributed by atoms with Crippen LogP contribution in [0.25, 0.3) is 0 Å². The summed E-state index contributed by atoms with van der Waals surface area (Å²) in [5.74, 6) is 1.32. The molecule has 0 bridgehead atoms. The summed E-state index contributed by atoms with van der Waals surface area (Å²) in [6, 6.07) is 13.3. The molecule has 5 nitrogen and oxygen atoms in total. The molecule has 0 saturated heterocycles. The standard InChI is InChI=1S/C21H22N2O3/c1-16-7-8-19(11-17(16)2)26-15-21(24)23(14-20-6-4-10-25-20)13-18-5-3-9-22-12-18/h3-12H,13-15H2,1-2H3. The third-order valence-corrected chi connectivity index (χ3v) is 4.22. The molecule has 1 amide bonds. The number of hydrogen-bond acceptors (Lipinski definition) is 4. The molecule has 3 rings (SSSR count). The highest BCUT2D eigenvalue weighted by molar-refractivity contribution is 5.77. The molecule has 0 fully saturated rings. The van der Waals surface area contributed by atoms with Gasteiger partial charge in [0.25, 0.3) is 5.91 Å². The van der Waals surface area contributed by atoms with E-state index >= 15 is 0 Å². The predicted octanol–water partition coefficient (Wildman–Crippen LogP) is 3.90. The van der Waals surface area contributed by atoms with Gasteiger partial charge >= 0.3 is 0 Å². The zero-order valence-corrected chi connectivity index (χ0v) is 15.0. The van der Waals surface area contributed by atoms with E-state index in [2.05, 4.69) is 4.98 Å². The van der Waals surface area contributed by atoms with Gasteiger partial charge in [0.15, 0.2) is 6.61 Å². The number of pyridine rings is 1. The minimum Gasteiger partial charge on any atom is -0.484 e. The van der Waals surface area contributed by atoms with E-state index in [4.69, 9.17) is 9.15 Å². The Balaban J connectivity index is 1.68. The molecule has 0 spiro atoms. The van der Waals surface area contributed by atoms with Crippen LogP contribution in [-0.2, 0) is 17.9 Å². The topological polar surface area (TPSA) is 55.6 Å². The highest BCUT2D eigenvalue weighted by Gasteiger charge is 2.17. The molecular formula is C21H22N2O3. The van der Waals surface area contributed by atoms with Crippen LogP contribution in [0.5, 0.6) is 5.75 Å². The fourth-order valence-corrected chi connectivity index (χ4v) is 2.58. The molecule has 0 N–H and O–H groups in total. The maximum absolute atomic E-state index is 12.7. The van der Waals surface area contributed by atoms with E-state index in [0.29, 0.717) is 18.8 Å². The molecular weight excluding hydrogens is 328 g/mol. The number of aromatic nitrogens is 1. The number of carbonyl (C=O) groups is 1. The van der Waals surface area contributed by atoms with E-state index in [1.54, 1.807) is 23.6 Å². The molecule has 1 aromatic carbocycles. The Kier molecular flexibility index (Phi) is 5.69. The lowest BCUT2D eigenvalue weighted by molar-refractivity contribution is -0.134. The Morgan fingerprint density at radius 2 is 2.00 bits per heavy atom.